The van der Waals surface area contributed by atoms with Gasteiger partial charge in [0.2, 0.25) is 11.8 Å². The van der Waals surface area contributed by atoms with Crippen molar-refractivity contribution in [2.24, 2.45) is 0 Å². The third kappa shape index (κ3) is 5.05. The molecule has 1 aromatic rings. The molecule has 1 N–H and O–H groups in total. The van der Waals surface area contributed by atoms with E-state index in [1.54, 1.807) is 0 Å². The molecule has 1 atom stereocenters. The fourth-order valence-electron chi connectivity index (χ4n) is 3.30. The summed E-state index contributed by atoms with van der Waals surface area (Å²) in [5, 5.41) is 2.79. The van der Waals surface area contributed by atoms with Crippen LogP contribution in [-0.2, 0) is 9.59 Å². The van der Waals surface area contributed by atoms with E-state index in [9.17, 15) is 14.0 Å². The van der Waals surface area contributed by atoms with E-state index in [1.165, 1.54) is 19.1 Å². The van der Waals surface area contributed by atoms with Crippen LogP contribution in [0.5, 0.6) is 0 Å². The summed E-state index contributed by atoms with van der Waals surface area (Å²) < 4.78 is 13.0. The van der Waals surface area contributed by atoms with Crippen molar-refractivity contribution in [1.82, 2.24) is 10.2 Å². The number of piperidine rings is 1. The maximum atomic E-state index is 13.0. The minimum Gasteiger partial charge on any atom is -0.345 e. The van der Waals surface area contributed by atoms with Gasteiger partial charge in [0.1, 0.15) is 11.9 Å². The van der Waals surface area contributed by atoms with Crippen molar-refractivity contribution in [1.29, 1.82) is 0 Å². The molecule has 24 heavy (non-hydrogen) atoms. The fourth-order valence-corrected chi connectivity index (χ4v) is 3.30. The van der Waals surface area contributed by atoms with Gasteiger partial charge in [0, 0.05) is 20.0 Å². The van der Waals surface area contributed by atoms with Gasteiger partial charge >= 0.3 is 0 Å². The smallest absolute Gasteiger partial charge is 0.245 e. The number of nitrogens with one attached hydrogen (secondary N) is 1. The van der Waals surface area contributed by atoms with Crippen LogP contribution in [0, 0.1) is 5.82 Å². The molecule has 132 valence electrons. The number of carbonyl (C=O) groups is 2. The first-order chi connectivity index (χ1) is 11.5. The van der Waals surface area contributed by atoms with Gasteiger partial charge in [-0.3, -0.25) is 9.59 Å². The first-order valence-electron chi connectivity index (χ1n) is 8.82. The van der Waals surface area contributed by atoms with Gasteiger partial charge in [0.05, 0.1) is 0 Å². The number of halogens is 1. The lowest BCUT2D eigenvalue weighted by Crippen LogP contribution is -2.50. The molecular formula is C19H27FN2O2. The number of unbranched alkanes of at least 4 members (excludes halogenated alkanes) is 1. The molecule has 5 heteroatoms. The van der Waals surface area contributed by atoms with E-state index < -0.39 is 6.04 Å². The zero-order valence-electron chi connectivity index (χ0n) is 14.6. The SMILES string of the molecule is CCCCC(NC(C)=O)C(=O)N1CCC(c2ccc(F)cc2)CC1. The van der Waals surface area contributed by atoms with Gasteiger partial charge in [0.15, 0.2) is 0 Å². The zero-order chi connectivity index (χ0) is 17.5. The molecule has 1 unspecified atom stereocenters. The van der Waals surface area contributed by atoms with Gasteiger partial charge < -0.3 is 10.2 Å². The van der Waals surface area contributed by atoms with E-state index in [4.69, 9.17) is 0 Å². The molecule has 0 bridgehead atoms. The topological polar surface area (TPSA) is 49.4 Å². The second-order valence-corrected chi connectivity index (χ2v) is 6.55. The van der Waals surface area contributed by atoms with Crippen molar-refractivity contribution in [2.45, 2.75) is 57.9 Å². The summed E-state index contributed by atoms with van der Waals surface area (Å²) in [5.74, 6) is 0.00630. The van der Waals surface area contributed by atoms with Crippen molar-refractivity contribution < 1.29 is 14.0 Å². The Kier molecular flexibility index (Phi) is 6.76. The highest BCUT2D eigenvalue weighted by atomic mass is 19.1. The molecular weight excluding hydrogens is 307 g/mol. The van der Waals surface area contributed by atoms with Crippen molar-refractivity contribution in [3.63, 3.8) is 0 Å². The third-order valence-electron chi connectivity index (χ3n) is 4.67. The number of rotatable bonds is 6. The molecule has 1 saturated heterocycles. The largest absolute Gasteiger partial charge is 0.345 e. The zero-order valence-corrected chi connectivity index (χ0v) is 14.6. The second kappa shape index (κ2) is 8.81. The first kappa shape index (κ1) is 18.4. The van der Waals surface area contributed by atoms with E-state index in [0.717, 1.165) is 31.2 Å². The van der Waals surface area contributed by atoms with E-state index in [-0.39, 0.29) is 17.6 Å². The molecule has 0 aliphatic carbocycles. The quantitative estimate of drug-likeness (QED) is 0.868. The Balaban J connectivity index is 1.92. The van der Waals surface area contributed by atoms with Gasteiger partial charge in [-0.05, 0) is 42.9 Å². The van der Waals surface area contributed by atoms with Crippen LogP contribution >= 0.6 is 0 Å². The minimum atomic E-state index is -0.412. The number of hydrogen-bond acceptors (Lipinski definition) is 2. The van der Waals surface area contributed by atoms with Crippen LogP contribution in [0.1, 0.15) is 57.4 Å². The monoisotopic (exact) mass is 334 g/mol. The molecule has 0 radical (unpaired) electrons. The number of benzene rings is 1. The number of amides is 2. The van der Waals surface area contributed by atoms with E-state index in [0.29, 0.717) is 25.4 Å². The average molecular weight is 334 g/mol. The maximum absolute atomic E-state index is 13.0. The molecule has 1 aromatic carbocycles. The number of likely N-dealkylation sites (tertiary alicyclic amines) is 1. The van der Waals surface area contributed by atoms with Crippen LogP contribution < -0.4 is 5.32 Å². The molecule has 1 aliphatic heterocycles. The number of hydrogen-bond donors (Lipinski definition) is 1. The van der Waals surface area contributed by atoms with Crippen molar-refractivity contribution in [2.75, 3.05) is 13.1 Å². The van der Waals surface area contributed by atoms with Gasteiger partial charge in [0.25, 0.3) is 0 Å². The Morgan fingerprint density at radius 1 is 1.25 bits per heavy atom. The molecule has 0 spiro atoms. The van der Waals surface area contributed by atoms with Crippen LogP contribution in [0.25, 0.3) is 0 Å². The third-order valence-corrected chi connectivity index (χ3v) is 4.67. The van der Waals surface area contributed by atoms with Crippen LogP contribution in [-0.4, -0.2) is 35.8 Å². The van der Waals surface area contributed by atoms with Crippen LogP contribution in [0.15, 0.2) is 24.3 Å². The predicted octanol–water partition coefficient (Wildman–Crippen LogP) is 3.23. The summed E-state index contributed by atoms with van der Waals surface area (Å²) >= 11 is 0. The predicted molar refractivity (Wildman–Crippen MR) is 92.1 cm³/mol. The average Bonchev–Trinajstić information content (AvgIpc) is 2.58. The molecule has 0 saturated carbocycles. The number of carbonyl (C=O) groups excluding carboxylic acids is 2. The van der Waals surface area contributed by atoms with E-state index in [2.05, 4.69) is 12.2 Å². The summed E-state index contributed by atoms with van der Waals surface area (Å²) in [4.78, 5) is 25.9. The highest BCUT2D eigenvalue weighted by molar-refractivity contribution is 5.86. The van der Waals surface area contributed by atoms with Crippen molar-refractivity contribution in [3.05, 3.63) is 35.6 Å². The summed E-state index contributed by atoms with van der Waals surface area (Å²) in [6.45, 7) is 4.89. The molecule has 0 aromatic heterocycles. The molecule has 2 amide bonds. The second-order valence-electron chi connectivity index (χ2n) is 6.55. The van der Waals surface area contributed by atoms with Crippen molar-refractivity contribution in [3.8, 4) is 0 Å². The van der Waals surface area contributed by atoms with Crippen LogP contribution in [0.4, 0.5) is 4.39 Å². The molecule has 4 nitrogen and oxygen atoms in total. The lowest BCUT2D eigenvalue weighted by Gasteiger charge is -2.34. The lowest BCUT2D eigenvalue weighted by molar-refractivity contribution is -0.137. The van der Waals surface area contributed by atoms with E-state index in [1.807, 2.05) is 17.0 Å². The Bertz CT molecular complexity index is 551. The maximum Gasteiger partial charge on any atom is 0.245 e. The summed E-state index contributed by atoms with van der Waals surface area (Å²) in [6.07, 6.45) is 4.35. The first-order valence-corrected chi connectivity index (χ1v) is 8.82. The van der Waals surface area contributed by atoms with Gasteiger partial charge in [-0.1, -0.05) is 31.9 Å². The van der Waals surface area contributed by atoms with Gasteiger partial charge in [-0.2, -0.15) is 0 Å². The van der Waals surface area contributed by atoms with Gasteiger partial charge in [-0.25, -0.2) is 4.39 Å². The van der Waals surface area contributed by atoms with E-state index >= 15 is 0 Å². The Hall–Kier alpha value is -1.91. The Morgan fingerprint density at radius 2 is 1.88 bits per heavy atom. The highest BCUT2D eigenvalue weighted by Crippen LogP contribution is 2.28. The minimum absolute atomic E-state index is 0.0243. The molecule has 1 fully saturated rings. The summed E-state index contributed by atoms with van der Waals surface area (Å²) in [7, 11) is 0. The standard InChI is InChI=1S/C19H27FN2O2/c1-3-4-5-18(21-14(2)23)19(24)22-12-10-16(11-13-22)15-6-8-17(20)9-7-15/h6-9,16,18H,3-5,10-13H2,1-2H3,(H,21,23). The highest BCUT2D eigenvalue weighted by Gasteiger charge is 2.28. The number of nitrogens with zero attached hydrogens (tertiary/aromatic N) is 1. The fraction of sp³-hybridized carbons (Fsp3) is 0.579. The normalized spacial score (nSPS) is 16.7. The van der Waals surface area contributed by atoms with Crippen LogP contribution in [0.2, 0.25) is 0 Å². The van der Waals surface area contributed by atoms with Crippen molar-refractivity contribution >= 4 is 11.8 Å². The lowest BCUT2D eigenvalue weighted by atomic mass is 9.89. The summed E-state index contributed by atoms with van der Waals surface area (Å²) in [6, 6.07) is 6.23. The molecule has 1 heterocycles. The molecule has 2 rings (SSSR count). The Morgan fingerprint density at radius 3 is 2.42 bits per heavy atom. The van der Waals surface area contributed by atoms with Gasteiger partial charge in [-0.15, -0.1) is 0 Å². The summed E-state index contributed by atoms with van der Waals surface area (Å²) in [5.41, 5.74) is 1.13. The van der Waals surface area contributed by atoms with Crippen LogP contribution in [0.3, 0.4) is 0 Å². The molecule has 1 aliphatic rings. The Labute approximate surface area is 143 Å².